The Kier molecular flexibility index (Phi) is 3.29. The van der Waals surface area contributed by atoms with E-state index >= 15 is 0 Å². The summed E-state index contributed by atoms with van der Waals surface area (Å²) in [5.74, 6) is 2.84. The van der Waals surface area contributed by atoms with Gasteiger partial charge in [0, 0.05) is 24.1 Å². The summed E-state index contributed by atoms with van der Waals surface area (Å²) in [6, 6.07) is 9.66. The molecule has 2 aliphatic rings. The molecule has 1 atom stereocenters. The van der Waals surface area contributed by atoms with Gasteiger partial charge in [0.1, 0.15) is 5.75 Å². The van der Waals surface area contributed by atoms with Crippen LogP contribution < -0.4 is 10.1 Å². The lowest BCUT2D eigenvalue weighted by Crippen LogP contribution is -2.45. The van der Waals surface area contributed by atoms with Crippen molar-refractivity contribution >= 4 is 0 Å². The number of fused-ring (bicyclic) bond motifs is 1. The molecule has 1 heterocycles. The van der Waals surface area contributed by atoms with Crippen LogP contribution in [0.5, 0.6) is 5.75 Å². The highest BCUT2D eigenvalue weighted by atomic mass is 16.5. The Hall–Kier alpha value is -1.02. The molecule has 1 N–H and O–H groups in total. The number of para-hydroxylation sites is 1. The van der Waals surface area contributed by atoms with Gasteiger partial charge in [-0.25, -0.2) is 0 Å². The minimum atomic E-state index is 0.494. The molecule has 1 unspecified atom stereocenters. The van der Waals surface area contributed by atoms with Gasteiger partial charge in [-0.3, -0.25) is 0 Å². The van der Waals surface area contributed by atoms with E-state index in [0.717, 1.165) is 30.6 Å². The van der Waals surface area contributed by atoms with Gasteiger partial charge in [-0.05, 0) is 30.7 Å². The largest absolute Gasteiger partial charge is 0.493 e. The van der Waals surface area contributed by atoms with Crippen LogP contribution in [-0.2, 0) is 0 Å². The third-order valence-corrected chi connectivity index (χ3v) is 4.51. The zero-order valence-electron chi connectivity index (χ0n) is 11.4. The number of hydrogen-bond acceptors (Lipinski definition) is 2. The monoisotopic (exact) mass is 245 g/mol. The van der Waals surface area contributed by atoms with Crippen molar-refractivity contribution < 1.29 is 4.74 Å². The van der Waals surface area contributed by atoms with Crippen LogP contribution in [0.25, 0.3) is 0 Å². The molecule has 0 spiro atoms. The van der Waals surface area contributed by atoms with E-state index in [9.17, 15) is 0 Å². The summed E-state index contributed by atoms with van der Waals surface area (Å²) < 4.78 is 5.71. The summed E-state index contributed by atoms with van der Waals surface area (Å²) in [6.45, 7) is 5.52. The normalized spacial score (nSPS) is 30.5. The highest BCUT2D eigenvalue weighted by Gasteiger charge is 2.33. The van der Waals surface area contributed by atoms with Crippen LogP contribution in [0, 0.1) is 11.8 Å². The predicted molar refractivity (Wildman–Crippen MR) is 73.8 cm³/mol. The summed E-state index contributed by atoms with van der Waals surface area (Å²) >= 11 is 0. The van der Waals surface area contributed by atoms with Crippen LogP contribution in [0.4, 0.5) is 0 Å². The first-order chi connectivity index (χ1) is 8.74. The number of ether oxygens (including phenoxy) is 1. The lowest BCUT2D eigenvalue weighted by Gasteiger charge is -2.41. The van der Waals surface area contributed by atoms with Crippen LogP contribution in [-0.4, -0.2) is 12.6 Å². The molecule has 0 saturated heterocycles. The van der Waals surface area contributed by atoms with Crippen molar-refractivity contribution in [3.05, 3.63) is 29.8 Å². The highest BCUT2D eigenvalue weighted by molar-refractivity contribution is 5.37. The summed E-state index contributed by atoms with van der Waals surface area (Å²) in [5.41, 5.74) is 1.34. The smallest absolute Gasteiger partial charge is 0.124 e. The van der Waals surface area contributed by atoms with E-state index in [4.69, 9.17) is 4.74 Å². The molecular formula is C16H23NO. The predicted octanol–water partition coefficient (Wildman–Crippen LogP) is 3.53. The minimum absolute atomic E-state index is 0.494. The Morgan fingerprint density at radius 1 is 1.22 bits per heavy atom. The molecule has 1 aliphatic carbocycles. The van der Waals surface area contributed by atoms with Crippen LogP contribution in [0.2, 0.25) is 0 Å². The maximum atomic E-state index is 5.71. The van der Waals surface area contributed by atoms with Crippen LogP contribution in [0.3, 0.4) is 0 Å². The van der Waals surface area contributed by atoms with Gasteiger partial charge in [0.2, 0.25) is 0 Å². The zero-order valence-corrected chi connectivity index (χ0v) is 11.4. The number of nitrogens with one attached hydrogen (secondary N) is 1. The van der Waals surface area contributed by atoms with Crippen molar-refractivity contribution in [1.82, 2.24) is 5.32 Å². The highest BCUT2D eigenvalue weighted by Crippen LogP contribution is 2.37. The van der Waals surface area contributed by atoms with Gasteiger partial charge < -0.3 is 10.1 Å². The first kappa shape index (κ1) is 12.0. The van der Waals surface area contributed by atoms with E-state index in [2.05, 4.69) is 43.4 Å². The average molecular weight is 245 g/mol. The molecule has 98 valence electrons. The molecule has 0 radical (unpaired) electrons. The second kappa shape index (κ2) is 4.93. The van der Waals surface area contributed by atoms with E-state index in [1.54, 1.807) is 0 Å². The SMILES string of the molecule is CC(C)C1CC(NC2CCOc3ccccc32)C1. The third kappa shape index (κ3) is 2.26. The summed E-state index contributed by atoms with van der Waals surface area (Å²) in [4.78, 5) is 0. The number of hydrogen-bond donors (Lipinski definition) is 1. The van der Waals surface area contributed by atoms with Gasteiger partial charge in [0.05, 0.1) is 6.61 Å². The Bertz CT molecular complexity index is 409. The summed E-state index contributed by atoms with van der Waals surface area (Å²) in [7, 11) is 0. The topological polar surface area (TPSA) is 21.3 Å². The molecule has 1 aliphatic heterocycles. The number of rotatable bonds is 3. The molecule has 2 heteroatoms. The molecule has 1 fully saturated rings. The quantitative estimate of drug-likeness (QED) is 0.879. The second-order valence-corrected chi connectivity index (χ2v) is 6.07. The van der Waals surface area contributed by atoms with Gasteiger partial charge >= 0.3 is 0 Å². The fourth-order valence-electron chi connectivity index (χ4n) is 3.14. The average Bonchev–Trinajstić information content (AvgIpc) is 2.33. The third-order valence-electron chi connectivity index (χ3n) is 4.51. The Balaban J connectivity index is 1.62. The van der Waals surface area contributed by atoms with Gasteiger partial charge in [0.15, 0.2) is 0 Å². The molecule has 0 aromatic heterocycles. The lowest BCUT2D eigenvalue weighted by molar-refractivity contribution is 0.144. The van der Waals surface area contributed by atoms with Crippen molar-refractivity contribution in [2.75, 3.05) is 6.61 Å². The molecular weight excluding hydrogens is 222 g/mol. The van der Waals surface area contributed by atoms with Crippen molar-refractivity contribution in [1.29, 1.82) is 0 Å². The fourth-order valence-corrected chi connectivity index (χ4v) is 3.14. The summed E-state index contributed by atoms with van der Waals surface area (Å²) in [5, 5.41) is 3.82. The molecule has 1 aromatic rings. The van der Waals surface area contributed by atoms with Crippen LogP contribution in [0.15, 0.2) is 24.3 Å². The molecule has 1 saturated carbocycles. The standard InChI is InChI=1S/C16H23NO/c1-11(2)12-9-13(10-12)17-15-7-8-18-16-6-4-3-5-14(15)16/h3-6,11-13,15,17H,7-10H2,1-2H3. The first-order valence-corrected chi connectivity index (χ1v) is 7.22. The van der Waals surface area contributed by atoms with Gasteiger partial charge in [-0.2, -0.15) is 0 Å². The maximum Gasteiger partial charge on any atom is 0.124 e. The maximum absolute atomic E-state index is 5.71. The molecule has 0 bridgehead atoms. The van der Waals surface area contributed by atoms with Crippen LogP contribution >= 0.6 is 0 Å². The minimum Gasteiger partial charge on any atom is -0.493 e. The molecule has 3 rings (SSSR count). The van der Waals surface area contributed by atoms with E-state index in [-0.39, 0.29) is 0 Å². The Morgan fingerprint density at radius 2 is 2.00 bits per heavy atom. The molecule has 0 amide bonds. The first-order valence-electron chi connectivity index (χ1n) is 7.22. The Labute approximate surface area is 110 Å². The van der Waals surface area contributed by atoms with E-state index in [1.807, 2.05) is 0 Å². The fraction of sp³-hybridized carbons (Fsp3) is 0.625. The van der Waals surface area contributed by atoms with Gasteiger partial charge in [-0.15, -0.1) is 0 Å². The lowest BCUT2D eigenvalue weighted by atomic mass is 9.73. The summed E-state index contributed by atoms with van der Waals surface area (Å²) in [6.07, 6.45) is 3.79. The van der Waals surface area contributed by atoms with Crippen molar-refractivity contribution in [2.45, 2.75) is 45.2 Å². The zero-order chi connectivity index (χ0) is 12.5. The van der Waals surface area contributed by atoms with Gasteiger partial charge in [0.25, 0.3) is 0 Å². The van der Waals surface area contributed by atoms with Crippen molar-refractivity contribution in [3.63, 3.8) is 0 Å². The van der Waals surface area contributed by atoms with E-state index in [0.29, 0.717) is 12.1 Å². The number of benzene rings is 1. The van der Waals surface area contributed by atoms with E-state index in [1.165, 1.54) is 18.4 Å². The molecule has 1 aromatic carbocycles. The molecule has 2 nitrogen and oxygen atoms in total. The van der Waals surface area contributed by atoms with Crippen LogP contribution in [0.1, 0.15) is 44.7 Å². The van der Waals surface area contributed by atoms with Gasteiger partial charge in [-0.1, -0.05) is 32.0 Å². The van der Waals surface area contributed by atoms with Crippen molar-refractivity contribution in [2.24, 2.45) is 11.8 Å². The second-order valence-electron chi connectivity index (χ2n) is 6.07. The molecule has 18 heavy (non-hydrogen) atoms. The van der Waals surface area contributed by atoms with Crippen molar-refractivity contribution in [3.8, 4) is 5.75 Å². The Morgan fingerprint density at radius 3 is 2.78 bits per heavy atom. The van der Waals surface area contributed by atoms with E-state index < -0.39 is 0 Å².